The Kier molecular flexibility index (Phi) is 6.27. The van der Waals surface area contributed by atoms with Crippen molar-refractivity contribution in [1.29, 1.82) is 0 Å². The molecular weight excluding hydrogens is 364 g/mol. The maximum Gasteiger partial charge on any atom is 0.226 e. The number of hydrogen-bond donors (Lipinski definition) is 1. The molecule has 1 N–H and O–H groups in total. The van der Waals surface area contributed by atoms with E-state index >= 15 is 0 Å². The Morgan fingerprint density at radius 3 is 2.76 bits per heavy atom. The van der Waals surface area contributed by atoms with Gasteiger partial charge in [-0.1, -0.05) is 30.7 Å². The van der Waals surface area contributed by atoms with Crippen molar-refractivity contribution >= 4 is 0 Å². The Morgan fingerprint density at radius 1 is 1.10 bits per heavy atom. The molecule has 1 atom stereocenters. The number of aliphatic hydroxyl groups is 1. The first-order valence-electron chi connectivity index (χ1n) is 10.4. The van der Waals surface area contributed by atoms with E-state index in [0.29, 0.717) is 11.9 Å². The maximum atomic E-state index is 9.37. The van der Waals surface area contributed by atoms with Crippen molar-refractivity contribution in [2.24, 2.45) is 0 Å². The first-order valence-corrected chi connectivity index (χ1v) is 10.4. The van der Waals surface area contributed by atoms with Crippen LogP contribution in [0.2, 0.25) is 0 Å². The summed E-state index contributed by atoms with van der Waals surface area (Å²) in [5.41, 5.74) is 1.87. The van der Waals surface area contributed by atoms with Gasteiger partial charge in [0, 0.05) is 24.8 Å². The lowest BCUT2D eigenvalue weighted by Gasteiger charge is -2.35. The lowest BCUT2D eigenvalue weighted by molar-refractivity contribution is 0.111. The van der Waals surface area contributed by atoms with Crippen molar-refractivity contribution in [3.8, 4) is 23.0 Å². The number of benzene rings is 2. The van der Waals surface area contributed by atoms with Crippen LogP contribution in [-0.2, 0) is 6.54 Å². The van der Waals surface area contributed by atoms with Gasteiger partial charge in [-0.05, 0) is 63.1 Å². The number of piperidine rings is 1. The van der Waals surface area contributed by atoms with E-state index in [9.17, 15) is 5.11 Å². The van der Waals surface area contributed by atoms with Gasteiger partial charge in [-0.3, -0.25) is 4.90 Å². The average molecular weight is 392 g/mol. The third-order valence-electron chi connectivity index (χ3n) is 5.52. The molecule has 0 saturated carbocycles. The highest BCUT2D eigenvalue weighted by atomic mass is 16.5. The van der Waals surface area contributed by atoms with E-state index in [-0.39, 0.29) is 6.61 Å². The third-order valence-corrected chi connectivity index (χ3v) is 5.52. The molecule has 1 saturated heterocycles. The summed E-state index contributed by atoms with van der Waals surface area (Å²) in [6, 6.07) is 18.0. The van der Waals surface area contributed by atoms with E-state index in [4.69, 9.17) is 14.1 Å². The van der Waals surface area contributed by atoms with Crippen molar-refractivity contribution in [3.05, 3.63) is 66.1 Å². The van der Waals surface area contributed by atoms with Gasteiger partial charge in [-0.2, -0.15) is 0 Å². The number of aromatic nitrogens is 1. The Bertz CT molecular complexity index is 921. The largest absolute Gasteiger partial charge is 0.457 e. The summed E-state index contributed by atoms with van der Waals surface area (Å²) in [6.07, 6.45) is 4.40. The van der Waals surface area contributed by atoms with Gasteiger partial charge in [-0.25, -0.2) is 4.98 Å². The quantitative estimate of drug-likeness (QED) is 0.600. The van der Waals surface area contributed by atoms with Crippen LogP contribution in [0.15, 0.2) is 59.0 Å². The van der Waals surface area contributed by atoms with Crippen LogP contribution < -0.4 is 4.74 Å². The summed E-state index contributed by atoms with van der Waals surface area (Å²) in [5, 5.41) is 9.37. The van der Waals surface area contributed by atoms with Gasteiger partial charge in [0.15, 0.2) is 0 Å². The molecule has 2 heterocycles. The fraction of sp³-hybridized carbons (Fsp3) is 0.375. The number of oxazole rings is 1. The summed E-state index contributed by atoms with van der Waals surface area (Å²) in [5.74, 6) is 3.02. The zero-order chi connectivity index (χ0) is 20.1. The van der Waals surface area contributed by atoms with Gasteiger partial charge < -0.3 is 14.3 Å². The predicted octanol–water partition coefficient (Wildman–Crippen LogP) is 5.18. The summed E-state index contributed by atoms with van der Waals surface area (Å²) >= 11 is 0. The molecule has 5 heteroatoms. The van der Waals surface area contributed by atoms with Gasteiger partial charge >= 0.3 is 0 Å². The molecule has 5 nitrogen and oxygen atoms in total. The predicted molar refractivity (Wildman–Crippen MR) is 113 cm³/mol. The Morgan fingerprint density at radius 2 is 1.93 bits per heavy atom. The van der Waals surface area contributed by atoms with Crippen LogP contribution in [0.3, 0.4) is 0 Å². The summed E-state index contributed by atoms with van der Waals surface area (Å²) < 4.78 is 11.9. The van der Waals surface area contributed by atoms with Crippen LogP contribution >= 0.6 is 0 Å². The number of para-hydroxylation sites is 1. The lowest BCUT2D eigenvalue weighted by atomic mass is 9.99. The summed E-state index contributed by atoms with van der Waals surface area (Å²) in [6.45, 7) is 4.02. The first kappa shape index (κ1) is 19.7. The second-order valence-electron chi connectivity index (χ2n) is 7.60. The summed E-state index contributed by atoms with van der Waals surface area (Å²) in [7, 11) is 0. The van der Waals surface area contributed by atoms with E-state index in [1.54, 1.807) is 0 Å². The van der Waals surface area contributed by atoms with Gasteiger partial charge in [0.05, 0.1) is 5.69 Å². The van der Waals surface area contributed by atoms with Crippen molar-refractivity contribution in [2.75, 3.05) is 13.2 Å². The van der Waals surface area contributed by atoms with Crippen LogP contribution in [0.25, 0.3) is 11.5 Å². The number of hydrogen-bond acceptors (Lipinski definition) is 5. The molecule has 0 spiro atoms. The average Bonchev–Trinajstić information content (AvgIpc) is 3.11. The maximum absolute atomic E-state index is 9.37. The highest BCUT2D eigenvalue weighted by Gasteiger charge is 2.24. The normalized spacial score (nSPS) is 17.4. The molecule has 1 aliphatic rings. The van der Waals surface area contributed by atoms with Crippen LogP contribution in [0, 0.1) is 6.92 Å². The Balaban J connectivity index is 1.51. The molecule has 0 amide bonds. The SMILES string of the molecule is Cc1oc(-c2cccc(Oc3ccccc3)c2)nc1CN1CCCC[C@@H]1CCO. The smallest absolute Gasteiger partial charge is 0.226 e. The highest BCUT2D eigenvalue weighted by Crippen LogP contribution is 2.29. The topological polar surface area (TPSA) is 58.7 Å². The van der Waals surface area contributed by atoms with E-state index in [0.717, 1.165) is 54.4 Å². The van der Waals surface area contributed by atoms with Gasteiger partial charge in [0.1, 0.15) is 17.3 Å². The third kappa shape index (κ3) is 4.86. The fourth-order valence-electron chi connectivity index (χ4n) is 3.95. The molecule has 0 aliphatic carbocycles. The number of likely N-dealkylation sites (tertiary alicyclic amines) is 1. The van der Waals surface area contributed by atoms with Gasteiger partial charge in [-0.15, -0.1) is 0 Å². The minimum absolute atomic E-state index is 0.235. The molecule has 0 radical (unpaired) electrons. The highest BCUT2D eigenvalue weighted by molar-refractivity contribution is 5.57. The minimum atomic E-state index is 0.235. The van der Waals surface area contributed by atoms with E-state index in [2.05, 4.69) is 4.90 Å². The molecule has 152 valence electrons. The molecule has 1 fully saturated rings. The Hall–Kier alpha value is -2.63. The van der Waals surface area contributed by atoms with E-state index < -0.39 is 0 Å². The van der Waals surface area contributed by atoms with Crippen molar-refractivity contribution in [1.82, 2.24) is 9.88 Å². The summed E-state index contributed by atoms with van der Waals surface area (Å²) in [4.78, 5) is 7.22. The lowest BCUT2D eigenvalue weighted by Crippen LogP contribution is -2.39. The van der Waals surface area contributed by atoms with Gasteiger partial charge in [0.25, 0.3) is 0 Å². The van der Waals surface area contributed by atoms with E-state index in [1.807, 2.05) is 61.5 Å². The fourth-order valence-corrected chi connectivity index (χ4v) is 3.95. The molecule has 3 aromatic rings. The molecule has 1 aromatic heterocycles. The number of aryl methyl sites for hydroxylation is 1. The molecule has 1 aliphatic heterocycles. The van der Waals surface area contributed by atoms with Gasteiger partial charge in [0.2, 0.25) is 5.89 Å². The number of nitrogens with zero attached hydrogens (tertiary/aromatic N) is 2. The number of rotatable bonds is 7. The standard InChI is InChI=1S/C24H28N2O3/c1-18-23(17-26-14-6-5-9-20(26)13-15-27)25-24(28-18)19-8-7-12-22(16-19)29-21-10-3-2-4-11-21/h2-4,7-8,10-12,16,20,27H,5-6,9,13-15,17H2,1H3/t20-/m1/s1. The van der Waals surface area contributed by atoms with Crippen molar-refractivity contribution in [3.63, 3.8) is 0 Å². The second-order valence-corrected chi connectivity index (χ2v) is 7.60. The van der Waals surface area contributed by atoms with Crippen LogP contribution in [0.5, 0.6) is 11.5 Å². The zero-order valence-corrected chi connectivity index (χ0v) is 16.9. The van der Waals surface area contributed by atoms with Crippen molar-refractivity contribution < 1.29 is 14.3 Å². The number of ether oxygens (including phenoxy) is 1. The second kappa shape index (κ2) is 9.25. The van der Waals surface area contributed by atoms with Crippen LogP contribution in [-0.4, -0.2) is 34.2 Å². The molecule has 0 unspecified atom stereocenters. The minimum Gasteiger partial charge on any atom is -0.457 e. The molecule has 4 rings (SSSR count). The van der Waals surface area contributed by atoms with E-state index in [1.165, 1.54) is 12.8 Å². The first-order chi connectivity index (χ1) is 14.2. The van der Waals surface area contributed by atoms with Crippen molar-refractivity contribution in [2.45, 2.75) is 45.2 Å². The molecule has 0 bridgehead atoms. The molecule has 29 heavy (non-hydrogen) atoms. The van der Waals surface area contributed by atoms with Crippen LogP contribution in [0.1, 0.15) is 37.1 Å². The molecular formula is C24H28N2O3. The number of aliphatic hydroxyl groups excluding tert-OH is 1. The Labute approximate surface area is 172 Å². The zero-order valence-electron chi connectivity index (χ0n) is 16.9. The van der Waals surface area contributed by atoms with Crippen LogP contribution in [0.4, 0.5) is 0 Å². The monoisotopic (exact) mass is 392 g/mol. The molecule has 2 aromatic carbocycles.